The lowest BCUT2D eigenvalue weighted by molar-refractivity contribution is -0.157. The first-order chi connectivity index (χ1) is 8.54. The van der Waals surface area contributed by atoms with Crippen molar-refractivity contribution in [3.05, 3.63) is 35.5 Å². The zero-order chi connectivity index (χ0) is 13.3. The van der Waals surface area contributed by atoms with Crippen LogP contribution in [0.1, 0.15) is 26.7 Å². The molecule has 4 heteroatoms. The molecule has 1 fully saturated rings. The van der Waals surface area contributed by atoms with Crippen LogP contribution in [0.4, 0.5) is 0 Å². The Morgan fingerprint density at radius 1 is 1.28 bits per heavy atom. The third kappa shape index (κ3) is 1.82. The molecule has 2 aliphatic rings. The maximum Gasteiger partial charge on any atom is 0.336 e. The van der Waals surface area contributed by atoms with Crippen molar-refractivity contribution in [2.24, 2.45) is 0 Å². The zero-order valence-electron chi connectivity index (χ0n) is 10.5. The lowest BCUT2D eigenvalue weighted by Crippen LogP contribution is -2.35. The number of esters is 1. The van der Waals surface area contributed by atoms with Crippen LogP contribution in [0.15, 0.2) is 35.5 Å². The van der Waals surface area contributed by atoms with Gasteiger partial charge in [-0.2, -0.15) is 0 Å². The highest BCUT2D eigenvalue weighted by molar-refractivity contribution is 6.10. The Balaban J connectivity index is 2.38. The third-order valence-corrected chi connectivity index (χ3v) is 3.27. The minimum atomic E-state index is -1.19. The molecule has 1 saturated heterocycles. The second-order valence-electron chi connectivity index (χ2n) is 4.58. The molecule has 1 aliphatic heterocycles. The van der Waals surface area contributed by atoms with Crippen molar-refractivity contribution in [3.63, 3.8) is 0 Å². The first-order valence-corrected chi connectivity index (χ1v) is 5.98. The van der Waals surface area contributed by atoms with Crippen molar-refractivity contribution in [1.82, 2.24) is 0 Å². The largest absolute Gasteiger partial charge is 0.448 e. The van der Waals surface area contributed by atoms with Gasteiger partial charge in [0, 0.05) is 18.4 Å². The number of carbonyl (C=O) groups excluding carboxylic acids is 2. The fourth-order valence-electron chi connectivity index (χ4n) is 2.52. The molecule has 1 heterocycles. The van der Waals surface area contributed by atoms with Crippen molar-refractivity contribution in [2.75, 3.05) is 0 Å². The second kappa shape index (κ2) is 4.53. The minimum Gasteiger partial charge on any atom is -0.448 e. The summed E-state index contributed by atoms with van der Waals surface area (Å²) in [5, 5.41) is 9.49. The van der Waals surface area contributed by atoms with Gasteiger partial charge in [-0.1, -0.05) is 24.3 Å². The third-order valence-electron chi connectivity index (χ3n) is 3.27. The maximum atomic E-state index is 12.4. The average molecular weight is 248 g/mol. The van der Waals surface area contributed by atoms with E-state index in [9.17, 15) is 14.7 Å². The van der Waals surface area contributed by atoms with E-state index in [4.69, 9.17) is 4.74 Å². The van der Waals surface area contributed by atoms with Crippen LogP contribution in [-0.2, 0) is 14.3 Å². The fraction of sp³-hybridized carbons (Fsp3) is 0.429. The lowest BCUT2D eigenvalue weighted by Gasteiger charge is -2.19. The molecular weight excluding hydrogens is 232 g/mol. The number of Topliss-reactive ketones (excluding diaryl/α,β-unsaturated/α-hetero) is 1. The van der Waals surface area contributed by atoms with Crippen LogP contribution in [-0.4, -0.2) is 28.6 Å². The number of aliphatic hydroxyl groups is 1. The first kappa shape index (κ1) is 12.8. The Hall–Kier alpha value is -1.68. The SMILES string of the molecule is CC=CC1=C(C=CC)C(=O)C2(C1)CC(O)C(=O)O2. The fourth-order valence-corrected chi connectivity index (χ4v) is 2.52. The van der Waals surface area contributed by atoms with Gasteiger partial charge < -0.3 is 9.84 Å². The summed E-state index contributed by atoms with van der Waals surface area (Å²) in [5.74, 6) is -0.913. The van der Waals surface area contributed by atoms with E-state index in [1.54, 1.807) is 12.2 Å². The number of carbonyl (C=O) groups is 2. The van der Waals surface area contributed by atoms with Gasteiger partial charge in [0.05, 0.1) is 0 Å². The van der Waals surface area contributed by atoms with Crippen molar-refractivity contribution in [2.45, 2.75) is 38.4 Å². The van der Waals surface area contributed by atoms with Crippen molar-refractivity contribution in [3.8, 4) is 0 Å². The molecule has 2 atom stereocenters. The summed E-state index contributed by atoms with van der Waals surface area (Å²) in [6.45, 7) is 3.69. The van der Waals surface area contributed by atoms with Gasteiger partial charge in [0.15, 0.2) is 11.7 Å². The van der Waals surface area contributed by atoms with E-state index in [1.807, 2.05) is 26.0 Å². The number of allylic oxidation sites excluding steroid dienone is 4. The monoisotopic (exact) mass is 248 g/mol. The quantitative estimate of drug-likeness (QED) is 0.751. The topological polar surface area (TPSA) is 63.6 Å². The normalized spacial score (nSPS) is 32.5. The Morgan fingerprint density at radius 3 is 2.44 bits per heavy atom. The molecular formula is C14H16O4. The zero-order valence-corrected chi connectivity index (χ0v) is 10.5. The summed E-state index contributed by atoms with van der Waals surface area (Å²) in [6.07, 6.45) is 6.41. The smallest absolute Gasteiger partial charge is 0.336 e. The van der Waals surface area contributed by atoms with E-state index in [0.29, 0.717) is 12.0 Å². The summed E-state index contributed by atoms with van der Waals surface area (Å²) >= 11 is 0. The summed E-state index contributed by atoms with van der Waals surface area (Å²) < 4.78 is 5.14. The Bertz CT molecular complexity index is 484. The predicted molar refractivity (Wildman–Crippen MR) is 65.7 cm³/mol. The Labute approximate surface area is 106 Å². The Kier molecular flexibility index (Phi) is 3.22. The molecule has 0 aromatic carbocycles. The molecule has 0 amide bonds. The molecule has 0 aromatic rings. The van der Waals surface area contributed by atoms with Crippen LogP contribution in [0.25, 0.3) is 0 Å². The van der Waals surface area contributed by atoms with Crippen LogP contribution in [0.5, 0.6) is 0 Å². The van der Waals surface area contributed by atoms with Crippen LogP contribution < -0.4 is 0 Å². The van der Waals surface area contributed by atoms with Gasteiger partial charge >= 0.3 is 5.97 Å². The maximum absolute atomic E-state index is 12.4. The van der Waals surface area contributed by atoms with Crippen molar-refractivity contribution >= 4 is 11.8 Å². The van der Waals surface area contributed by atoms with Gasteiger partial charge in [-0.15, -0.1) is 0 Å². The summed E-state index contributed by atoms with van der Waals surface area (Å²) in [7, 11) is 0. The molecule has 0 bridgehead atoms. The van der Waals surface area contributed by atoms with Crippen molar-refractivity contribution in [1.29, 1.82) is 0 Å². The van der Waals surface area contributed by atoms with Gasteiger partial charge in [0.25, 0.3) is 0 Å². The van der Waals surface area contributed by atoms with Crippen LogP contribution in [0.3, 0.4) is 0 Å². The second-order valence-corrected chi connectivity index (χ2v) is 4.58. The van der Waals surface area contributed by atoms with Crippen LogP contribution in [0, 0.1) is 0 Å². The number of hydrogen-bond acceptors (Lipinski definition) is 4. The van der Waals surface area contributed by atoms with Gasteiger partial charge in [-0.3, -0.25) is 4.79 Å². The van der Waals surface area contributed by atoms with Crippen LogP contribution in [0.2, 0.25) is 0 Å². The van der Waals surface area contributed by atoms with E-state index in [1.165, 1.54) is 0 Å². The molecule has 4 nitrogen and oxygen atoms in total. The molecule has 2 unspecified atom stereocenters. The van der Waals surface area contributed by atoms with Gasteiger partial charge in [-0.05, 0) is 19.4 Å². The molecule has 1 spiro atoms. The van der Waals surface area contributed by atoms with E-state index in [0.717, 1.165) is 5.57 Å². The number of ketones is 1. The Morgan fingerprint density at radius 2 is 1.94 bits per heavy atom. The molecule has 18 heavy (non-hydrogen) atoms. The first-order valence-electron chi connectivity index (χ1n) is 5.98. The summed E-state index contributed by atoms with van der Waals surface area (Å²) in [6, 6.07) is 0. The van der Waals surface area contributed by atoms with E-state index in [-0.39, 0.29) is 12.2 Å². The highest BCUT2D eigenvalue weighted by atomic mass is 16.6. The van der Waals surface area contributed by atoms with Gasteiger partial charge in [0.1, 0.15) is 0 Å². The number of hydrogen-bond donors (Lipinski definition) is 1. The number of rotatable bonds is 2. The molecule has 2 rings (SSSR count). The molecule has 1 N–H and O–H groups in total. The minimum absolute atomic E-state index is 0.0484. The van der Waals surface area contributed by atoms with E-state index < -0.39 is 17.7 Å². The van der Waals surface area contributed by atoms with Gasteiger partial charge in [-0.25, -0.2) is 4.79 Å². The number of ether oxygens (including phenoxy) is 1. The predicted octanol–water partition coefficient (Wildman–Crippen LogP) is 1.45. The summed E-state index contributed by atoms with van der Waals surface area (Å²) in [4.78, 5) is 23.7. The lowest BCUT2D eigenvalue weighted by atomic mass is 9.93. The molecule has 0 aromatic heterocycles. The molecule has 1 aliphatic carbocycles. The van der Waals surface area contributed by atoms with E-state index in [2.05, 4.69) is 0 Å². The standard InChI is InChI=1S/C14H16O4/c1-3-5-9-7-14(8-11(15)13(17)18-14)12(16)10(9)6-4-2/h3-6,11,15H,7-8H2,1-2H3. The van der Waals surface area contributed by atoms with E-state index >= 15 is 0 Å². The van der Waals surface area contributed by atoms with Crippen LogP contribution >= 0.6 is 0 Å². The number of aliphatic hydroxyl groups excluding tert-OH is 1. The summed E-state index contributed by atoms with van der Waals surface area (Å²) in [5.41, 5.74) is 0.236. The molecule has 0 radical (unpaired) electrons. The highest BCUT2D eigenvalue weighted by Crippen LogP contribution is 2.42. The highest BCUT2D eigenvalue weighted by Gasteiger charge is 2.55. The molecule has 0 saturated carbocycles. The molecule has 96 valence electrons. The van der Waals surface area contributed by atoms with Crippen molar-refractivity contribution < 1.29 is 19.4 Å². The average Bonchev–Trinajstić information content (AvgIpc) is 2.73. The van der Waals surface area contributed by atoms with Gasteiger partial charge in [0.2, 0.25) is 5.78 Å².